The standard InChI is InChI=1S/C29H30N4O3/c1-2-6-25(34)20-11-9-19(10-12-20)24-17-18-31-29-26(28(30)35)27(32-33(24)29)21-13-15-23(16-14-21)36-22-7-4-3-5-8-22/h3-5,7-8,13-16,19-20,24,31H,9-12,17-18H2,1H3,(H2,30,35)/t19?,20?,24-/m0/s1. The molecule has 0 bridgehead atoms. The summed E-state index contributed by atoms with van der Waals surface area (Å²) in [6.45, 7) is 2.45. The average molecular weight is 483 g/mol. The van der Waals surface area contributed by atoms with Gasteiger partial charge in [0.1, 0.15) is 28.6 Å². The second kappa shape index (κ2) is 10.3. The lowest BCUT2D eigenvalue weighted by Gasteiger charge is -2.36. The summed E-state index contributed by atoms with van der Waals surface area (Å²) in [5, 5.41) is 8.28. The van der Waals surface area contributed by atoms with E-state index in [1.165, 1.54) is 0 Å². The van der Waals surface area contributed by atoms with Gasteiger partial charge in [0.15, 0.2) is 0 Å². The molecule has 1 atom stereocenters. The van der Waals surface area contributed by atoms with Crippen LogP contribution in [0.25, 0.3) is 11.3 Å². The normalized spacial score (nSPS) is 20.9. The molecule has 1 aromatic heterocycles. The van der Waals surface area contributed by atoms with Crippen molar-refractivity contribution in [2.75, 3.05) is 11.9 Å². The van der Waals surface area contributed by atoms with Gasteiger partial charge in [-0.1, -0.05) is 24.1 Å². The molecule has 3 N–H and O–H groups in total. The van der Waals surface area contributed by atoms with Gasteiger partial charge < -0.3 is 15.8 Å². The van der Waals surface area contributed by atoms with E-state index in [-0.39, 0.29) is 17.7 Å². The summed E-state index contributed by atoms with van der Waals surface area (Å²) in [6, 6.07) is 17.3. The molecule has 5 rings (SSSR count). The lowest BCUT2D eigenvalue weighted by atomic mass is 9.76. The zero-order chi connectivity index (χ0) is 25.1. The van der Waals surface area contributed by atoms with Crippen molar-refractivity contribution in [1.82, 2.24) is 9.78 Å². The van der Waals surface area contributed by atoms with Crippen LogP contribution >= 0.6 is 0 Å². The van der Waals surface area contributed by atoms with Gasteiger partial charge in [0.2, 0.25) is 5.78 Å². The predicted molar refractivity (Wildman–Crippen MR) is 139 cm³/mol. The monoisotopic (exact) mass is 482 g/mol. The topological polar surface area (TPSA) is 99.2 Å². The van der Waals surface area contributed by atoms with Crippen molar-refractivity contribution in [2.45, 2.75) is 45.1 Å². The molecule has 2 heterocycles. The molecular weight excluding hydrogens is 452 g/mol. The van der Waals surface area contributed by atoms with Crippen LogP contribution in [0.15, 0.2) is 54.6 Å². The molecule has 1 amide bonds. The third-order valence-corrected chi connectivity index (χ3v) is 7.25. The number of Topliss-reactive ketones (excluding diaryl/α,β-unsaturated/α-hetero) is 1. The maximum atomic E-state index is 12.6. The lowest BCUT2D eigenvalue weighted by Crippen LogP contribution is -2.33. The van der Waals surface area contributed by atoms with Crippen molar-refractivity contribution in [1.29, 1.82) is 0 Å². The number of amides is 1. The maximum absolute atomic E-state index is 12.6. The van der Waals surface area contributed by atoms with Crippen LogP contribution in [0.2, 0.25) is 0 Å². The van der Waals surface area contributed by atoms with Crippen LogP contribution in [0.5, 0.6) is 11.5 Å². The molecule has 1 saturated carbocycles. The number of nitrogens with two attached hydrogens (primary N) is 1. The minimum Gasteiger partial charge on any atom is -0.457 e. The van der Waals surface area contributed by atoms with Gasteiger partial charge in [0.25, 0.3) is 5.91 Å². The fourth-order valence-electron chi connectivity index (χ4n) is 5.47. The van der Waals surface area contributed by atoms with E-state index in [4.69, 9.17) is 15.6 Å². The van der Waals surface area contributed by atoms with Gasteiger partial charge in [-0.2, -0.15) is 5.10 Å². The van der Waals surface area contributed by atoms with E-state index in [0.717, 1.165) is 50.0 Å². The summed E-state index contributed by atoms with van der Waals surface area (Å²) in [4.78, 5) is 24.8. The van der Waals surface area contributed by atoms with Gasteiger partial charge in [-0.05, 0) is 87.3 Å². The van der Waals surface area contributed by atoms with E-state index in [9.17, 15) is 9.59 Å². The number of hydrogen-bond donors (Lipinski definition) is 2. The smallest absolute Gasteiger partial charge is 0.254 e. The van der Waals surface area contributed by atoms with Gasteiger partial charge in [0, 0.05) is 18.0 Å². The highest BCUT2D eigenvalue weighted by Crippen LogP contribution is 2.42. The fourth-order valence-corrected chi connectivity index (χ4v) is 5.47. The van der Waals surface area contributed by atoms with Crippen molar-refractivity contribution < 1.29 is 14.3 Å². The van der Waals surface area contributed by atoms with Gasteiger partial charge >= 0.3 is 0 Å². The van der Waals surface area contributed by atoms with Crippen molar-refractivity contribution in [3.8, 4) is 34.6 Å². The first kappa shape index (κ1) is 23.7. The first-order valence-electron chi connectivity index (χ1n) is 12.5. The number of carbonyl (C=O) groups excluding carboxylic acids is 2. The molecule has 7 heteroatoms. The van der Waals surface area contributed by atoms with E-state index in [2.05, 4.69) is 17.2 Å². The summed E-state index contributed by atoms with van der Waals surface area (Å²) in [5.74, 6) is 7.55. The number of aromatic nitrogens is 2. The molecule has 0 spiro atoms. The summed E-state index contributed by atoms with van der Waals surface area (Å²) in [7, 11) is 0. The molecular formula is C29H30N4O3. The Hall–Kier alpha value is -4.05. The van der Waals surface area contributed by atoms with Crippen LogP contribution in [0.3, 0.4) is 0 Å². The van der Waals surface area contributed by atoms with E-state index < -0.39 is 5.91 Å². The van der Waals surface area contributed by atoms with Crippen LogP contribution in [0, 0.1) is 23.7 Å². The Morgan fingerprint density at radius 3 is 2.36 bits per heavy atom. The largest absolute Gasteiger partial charge is 0.457 e. The molecule has 3 aromatic rings. The Morgan fingerprint density at radius 1 is 1.00 bits per heavy atom. The molecule has 1 aliphatic heterocycles. The Kier molecular flexibility index (Phi) is 6.77. The number of nitrogens with zero attached hydrogens (tertiary/aromatic N) is 2. The number of ether oxygens (including phenoxy) is 1. The number of anilines is 1. The van der Waals surface area contributed by atoms with Crippen molar-refractivity contribution in [3.05, 3.63) is 60.2 Å². The van der Waals surface area contributed by atoms with Crippen LogP contribution in [0.4, 0.5) is 5.82 Å². The van der Waals surface area contributed by atoms with Crippen LogP contribution in [-0.2, 0) is 4.79 Å². The zero-order valence-electron chi connectivity index (χ0n) is 20.4. The molecule has 2 aliphatic rings. The second-order valence-corrected chi connectivity index (χ2v) is 9.45. The summed E-state index contributed by atoms with van der Waals surface area (Å²) in [6.07, 6.45) is 4.49. The Balaban J connectivity index is 1.40. The number of benzene rings is 2. The molecule has 1 fully saturated rings. The SMILES string of the molecule is CC#CC(=O)C1CCC([C@@H]2CCNc3c(C(N)=O)c(-c4ccc(Oc5ccccc5)cc4)nn32)CC1. The van der Waals surface area contributed by atoms with Crippen LogP contribution in [-0.4, -0.2) is 28.0 Å². The summed E-state index contributed by atoms with van der Waals surface area (Å²) < 4.78 is 7.87. The third kappa shape index (κ3) is 4.72. The highest BCUT2D eigenvalue weighted by Gasteiger charge is 2.36. The van der Waals surface area contributed by atoms with Gasteiger partial charge in [-0.3, -0.25) is 9.59 Å². The van der Waals surface area contributed by atoms with Gasteiger partial charge in [-0.25, -0.2) is 4.68 Å². The van der Waals surface area contributed by atoms with Gasteiger partial charge in [0.05, 0.1) is 6.04 Å². The predicted octanol–water partition coefficient (Wildman–Crippen LogP) is 5.20. The Labute approximate surface area is 211 Å². The molecule has 1 aliphatic carbocycles. The van der Waals surface area contributed by atoms with Crippen molar-refractivity contribution in [2.24, 2.45) is 17.6 Å². The molecule has 2 aromatic carbocycles. The first-order chi connectivity index (χ1) is 17.5. The number of primary amides is 1. The average Bonchev–Trinajstić information content (AvgIpc) is 3.30. The van der Waals surface area contributed by atoms with Crippen molar-refractivity contribution in [3.63, 3.8) is 0 Å². The van der Waals surface area contributed by atoms with Crippen LogP contribution < -0.4 is 15.8 Å². The molecule has 7 nitrogen and oxygen atoms in total. The quantitative estimate of drug-likeness (QED) is 0.372. The number of rotatable bonds is 6. The van der Waals surface area contributed by atoms with Crippen LogP contribution in [0.1, 0.15) is 55.4 Å². The maximum Gasteiger partial charge on any atom is 0.254 e. The zero-order valence-corrected chi connectivity index (χ0v) is 20.4. The van der Waals surface area contributed by atoms with E-state index in [0.29, 0.717) is 28.7 Å². The summed E-state index contributed by atoms with van der Waals surface area (Å²) in [5.41, 5.74) is 7.64. The Bertz CT molecular complexity index is 1310. The Morgan fingerprint density at radius 2 is 1.69 bits per heavy atom. The number of nitrogens with one attached hydrogen (secondary N) is 1. The number of fused-ring (bicyclic) bond motifs is 1. The molecule has 0 radical (unpaired) electrons. The minimum atomic E-state index is -0.503. The first-order valence-corrected chi connectivity index (χ1v) is 12.5. The molecule has 184 valence electrons. The van der Waals surface area contributed by atoms with Gasteiger partial charge in [-0.15, -0.1) is 0 Å². The van der Waals surface area contributed by atoms with E-state index in [1.54, 1.807) is 6.92 Å². The minimum absolute atomic E-state index is 0.0286. The number of hydrogen-bond acceptors (Lipinski definition) is 5. The molecule has 0 saturated heterocycles. The van der Waals surface area contributed by atoms with E-state index >= 15 is 0 Å². The highest BCUT2D eigenvalue weighted by molar-refractivity contribution is 6.04. The highest BCUT2D eigenvalue weighted by atomic mass is 16.5. The number of carbonyl (C=O) groups is 2. The van der Waals surface area contributed by atoms with E-state index in [1.807, 2.05) is 59.3 Å². The number of para-hydroxylation sites is 1. The number of ketones is 1. The molecule has 0 unspecified atom stereocenters. The lowest BCUT2D eigenvalue weighted by molar-refractivity contribution is -0.118. The second-order valence-electron chi connectivity index (χ2n) is 9.45. The third-order valence-electron chi connectivity index (χ3n) is 7.25. The van der Waals surface area contributed by atoms with Crippen molar-refractivity contribution >= 4 is 17.5 Å². The summed E-state index contributed by atoms with van der Waals surface area (Å²) >= 11 is 0. The molecule has 36 heavy (non-hydrogen) atoms. The fraction of sp³-hybridized carbons (Fsp3) is 0.345.